The van der Waals surface area contributed by atoms with E-state index in [0.29, 0.717) is 6.42 Å². The molecule has 0 amide bonds. The zero-order chi connectivity index (χ0) is 16.9. The maximum Gasteiger partial charge on any atom is 1.00 e. The monoisotopic (exact) mass is 430 g/mol. The van der Waals surface area contributed by atoms with E-state index in [-0.39, 0.29) is 51.4 Å². The fraction of sp³-hybridized carbons (Fsp3) is 0.875. The van der Waals surface area contributed by atoms with Crippen LogP contribution >= 0.6 is 15.9 Å². The Balaban J connectivity index is 0.00000264. The van der Waals surface area contributed by atoms with Crippen molar-refractivity contribution >= 4 is 35.3 Å². The van der Waals surface area contributed by atoms with Gasteiger partial charge in [0.05, 0.1) is 11.4 Å². The van der Waals surface area contributed by atoms with Crippen LogP contribution in [-0.2, 0) is 15.5 Å². The van der Waals surface area contributed by atoms with Gasteiger partial charge < -0.3 is 8.98 Å². The van der Waals surface area contributed by atoms with Crippen LogP contribution in [0.2, 0.25) is 18.1 Å². The smallest absolute Gasteiger partial charge is 0.772 e. The maximum atomic E-state index is 11.4. The van der Waals surface area contributed by atoms with Crippen LogP contribution in [0.3, 0.4) is 0 Å². The van der Waals surface area contributed by atoms with Crippen molar-refractivity contribution in [1.29, 1.82) is 0 Å². The molecule has 23 heavy (non-hydrogen) atoms. The Bertz CT molecular complexity index is 518. The molecule has 0 saturated heterocycles. The van der Waals surface area contributed by atoms with E-state index in [4.69, 9.17) is 4.43 Å². The molecule has 0 spiro atoms. The minimum Gasteiger partial charge on any atom is -0.772 e. The number of halogens is 1. The SMILES string of the molecule is CC(C)(C)[Si](C)(C)O[C@H]1CCC2=C(Br)[C@H](S(=O)[O-])CC[C@@]21C.[Na+]. The van der Waals surface area contributed by atoms with Crippen LogP contribution in [0.5, 0.6) is 0 Å². The van der Waals surface area contributed by atoms with Gasteiger partial charge in [0.2, 0.25) is 0 Å². The van der Waals surface area contributed by atoms with Crippen molar-refractivity contribution in [3.8, 4) is 0 Å². The molecule has 0 bridgehead atoms. The topological polar surface area (TPSA) is 49.4 Å². The summed E-state index contributed by atoms with van der Waals surface area (Å²) in [6, 6.07) is 0. The van der Waals surface area contributed by atoms with E-state index >= 15 is 0 Å². The van der Waals surface area contributed by atoms with E-state index < -0.39 is 19.4 Å². The molecule has 2 rings (SSSR count). The third-order valence-electron chi connectivity index (χ3n) is 6.03. The molecule has 3 nitrogen and oxygen atoms in total. The number of hydrogen-bond acceptors (Lipinski definition) is 3. The van der Waals surface area contributed by atoms with E-state index in [1.807, 2.05) is 0 Å². The molecule has 2 aliphatic carbocycles. The summed E-state index contributed by atoms with van der Waals surface area (Å²) >= 11 is 1.55. The molecule has 2 aliphatic rings. The van der Waals surface area contributed by atoms with E-state index in [1.165, 1.54) is 5.57 Å². The average molecular weight is 431 g/mol. The zero-order valence-corrected chi connectivity index (χ0v) is 20.9. The van der Waals surface area contributed by atoms with Crippen molar-refractivity contribution < 1.29 is 42.7 Å². The summed E-state index contributed by atoms with van der Waals surface area (Å²) in [5.74, 6) is 0. The van der Waals surface area contributed by atoms with Crippen LogP contribution in [0.4, 0.5) is 0 Å². The van der Waals surface area contributed by atoms with Gasteiger partial charge >= 0.3 is 29.6 Å². The Morgan fingerprint density at radius 2 is 1.91 bits per heavy atom. The fourth-order valence-electron chi connectivity index (χ4n) is 3.43. The van der Waals surface area contributed by atoms with Gasteiger partial charge in [0, 0.05) is 9.90 Å². The second-order valence-corrected chi connectivity index (χ2v) is 15.1. The van der Waals surface area contributed by atoms with Crippen LogP contribution in [0, 0.1) is 5.41 Å². The normalized spacial score (nSPS) is 33.2. The molecule has 0 radical (unpaired) electrons. The molecule has 1 unspecified atom stereocenters. The first-order valence-corrected chi connectivity index (χ1v) is 12.9. The Labute approximate surface area is 175 Å². The quantitative estimate of drug-likeness (QED) is 0.507. The maximum absolute atomic E-state index is 11.4. The first-order chi connectivity index (χ1) is 9.90. The van der Waals surface area contributed by atoms with Gasteiger partial charge in [-0.2, -0.15) is 0 Å². The Kier molecular flexibility index (Phi) is 7.48. The van der Waals surface area contributed by atoms with Gasteiger partial charge in [0.1, 0.15) is 0 Å². The second-order valence-electron chi connectivity index (χ2n) is 8.44. The molecule has 7 heteroatoms. The standard InChI is InChI=1S/C16H29BrO3SSi.Na/c1-15(2,3)22(5,6)20-13-8-7-11-14(17)12(21(18)19)9-10-16(11,13)4;/h12-13H,7-10H2,1-6H3,(H,18,19);/q;+1/p-1/t12-,13+,16+;/m1./s1. The molecule has 0 aliphatic heterocycles. The number of rotatable bonds is 3. The van der Waals surface area contributed by atoms with Crippen LogP contribution in [0.25, 0.3) is 0 Å². The van der Waals surface area contributed by atoms with E-state index in [0.717, 1.165) is 23.7 Å². The van der Waals surface area contributed by atoms with Gasteiger partial charge in [-0.05, 0) is 54.9 Å². The second kappa shape index (κ2) is 7.63. The van der Waals surface area contributed by atoms with Crippen molar-refractivity contribution in [2.75, 3.05) is 0 Å². The Hall–Kier alpha value is 1.51. The minimum absolute atomic E-state index is 0. The van der Waals surface area contributed by atoms with Crippen LogP contribution in [0.1, 0.15) is 53.4 Å². The molecule has 0 aromatic carbocycles. The summed E-state index contributed by atoms with van der Waals surface area (Å²) in [4.78, 5) is 0. The largest absolute Gasteiger partial charge is 1.00 e. The molecule has 1 fully saturated rings. The van der Waals surface area contributed by atoms with Crippen molar-refractivity contribution in [1.82, 2.24) is 0 Å². The minimum atomic E-state index is -2.04. The first-order valence-electron chi connectivity index (χ1n) is 8.05. The third-order valence-corrected chi connectivity index (χ3v) is 12.8. The molecule has 0 aromatic heterocycles. The Morgan fingerprint density at radius 3 is 2.39 bits per heavy atom. The summed E-state index contributed by atoms with van der Waals surface area (Å²) in [5.41, 5.74) is 1.26. The predicted molar refractivity (Wildman–Crippen MR) is 97.3 cm³/mol. The molecule has 0 aromatic rings. The molecule has 1 saturated carbocycles. The summed E-state index contributed by atoms with van der Waals surface area (Å²) in [6.45, 7) is 13.6. The summed E-state index contributed by atoms with van der Waals surface area (Å²) in [7, 11) is -1.81. The number of fused-ring (bicyclic) bond motifs is 1. The van der Waals surface area contributed by atoms with E-state index in [2.05, 4.69) is 56.7 Å². The van der Waals surface area contributed by atoms with Crippen molar-refractivity contribution in [3.05, 3.63) is 10.1 Å². The van der Waals surface area contributed by atoms with Crippen LogP contribution in [-0.4, -0.2) is 28.4 Å². The van der Waals surface area contributed by atoms with Gasteiger partial charge in [-0.15, -0.1) is 0 Å². The van der Waals surface area contributed by atoms with Gasteiger partial charge in [-0.1, -0.05) is 49.2 Å². The predicted octanol–water partition coefficient (Wildman–Crippen LogP) is 1.87. The average Bonchev–Trinajstić information content (AvgIpc) is 2.65. The summed E-state index contributed by atoms with van der Waals surface area (Å²) in [6.07, 6.45) is 3.76. The molecule has 4 atom stereocenters. The van der Waals surface area contributed by atoms with Gasteiger partial charge in [0.15, 0.2) is 8.32 Å². The van der Waals surface area contributed by atoms with E-state index in [1.54, 1.807) is 0 Å². The van der Waals surface area contributed by atoms with Crippen LogP contribution < -0.4 is 29.6 Å². The van der Waals surface area contributed by atoms with Gasteiger partial charge in [0.25, 0.3) is 0 Å². The van der Waals surface area contributed by atoms with Crippen molar-refractivity contribution in [2.24, 2.45) is 5.41 Å². The van der Waals surface area contributed by atoms with Gasteiger partial charge in [-0.3, -0.25) is 4.21 Å². The van der Waals surface area contributed by atoms with Crippen molar-refractivity contribution in [2.45, 2.75) is 82.9 Å². The molecular weight excluding hydrogens is 403 g/mol. The Morgan fingerprint density at radius 1 is 1.35 bits per heavy atom. The summed E-state index contributed by atoms with van der Waals surface area (Å²) in [5, 5.41) is -0.171. The third kappa shape index (κ3) is 4.26. The van der Waals surface area contributed by atoms with Crippen molar-refractivity contribution in [3.63, 3.8) is 0 Å². The number of hydrogen-bond donors (Lipinski definition) is 0. The fourth-order valence-corrected chi connectivity index (χ4v) is 6.83. The molecule has 0 heterocycles. The van der Waals surface area contributed by atoms with Gasteiger partial charge in [-0.25, -0.2) is 0 Å². The zero-order valence-electron chi connectivity index (χ0n) is 15.5. The molecule has 0 N–H and O–H groups in total. The molecule has 128 valence electrons. The van der Waals surface area contributed by atoms with E-state index in [9.17, 15) is 8.76 Å². The van der Waals surface area contributed by atoms with Crippen LogP contribution in [0.15, 0.2) is 10.1 Å². The summed E-state index contributed by atoms with van der Waals surface area (Å²) < 4.78 is 30.4. The first kappa shape index (κ1) is 22.5. The molecular formula is C16H28BrNaO3SSi.